The summed E-state index contributed by atoms with van der Waals surface area (Å²) in [5.41, 5.74) is 3.59. The first-order valence-electron chi connectivity index (χ1n) is 9.42. The average molecular weight is 338 g/mol. The van der Waals surface area contributed by atoms with Crippen LogP contribution in [0.1, 0.15) is 48.8 Å². The predicted octanol–water partition coefficient (Wildman–Crippen LogP) is 3.76. The quantitative estimate of drug-likeness (QED) is 0.631. The van der Waals surface area contributed by atoms with Crippen LogP contribution in [0.25, 0.3) is 11.0 Å². The fourth-order valence-corrected chi connectivity index (χ4v) is 5.20. The Morgan fingerprint density at radius 3 is 2.72 bits per heavy atom. The molecule has 1 aromatic carbocycles. The summed E-state index contributed by atoms with van der Waals surface area (Å²) >= 11 is 0. The average Bonchev–Trinajstić information content (AvgIpc) is 3.33. The van der Waals surface area contributed by atoms with Crippen molar-refractivity contribution in [2.75, 3.05) is 0 Å². The molecule has 3 aliphatic rings. The van der Waals surface area contributed by atoms with Crippen molar-refractivity contribution >= 4 is 16.9 Å². The third-order valence-corrected chi connectivity index (χ3v) is 6.45. The summed E-state index contributed by atoms with van der Waals surface area (Å²) in [5.74, 6) is 1.21. The van der Waals surface area contributed by atoms with Crippen LogP contribution in [0.5, 0.6) is 0 Å². The lowest BCUT2D eigenvalue weighted by Crippen LogP contribution is -2.23. The summed E-state index contributed by atoms with van der Waals surface area (Å²) in [6, 6.07) is 5.57. The van der Waals surface area contributed by atoms with Gasteiger partial charge in [-0.05, 0) is 73.6 Å². The minimum absolute atomic E-state index is 0.0642. The largest absolute Gasteiger partial charge is 0.461 e. The summed E-state index contributed by atoms with van der Waals surface area (Å²) in [4.78, 5) is 24.4. The minimum atomic E-state index is -0.378. The highest BCUT2D eigenvalue weighted by Gasteiger charge is 2.43. The highest BCUT2D eigenvalue weighted by molar-refractivity contribution is 5.82. The number of hydrogen-bond donors (Lipinski definition) is 0. The molecule has 5 rings (SSSR count). The van der Waals surface area contributed by atoms with Crippen molar-refractivity contribution < 1.29 is 13.9 Å². The smallest absolute Gasteiger partial charge is 0.336 e. The number of hydrogen-bond acceptors (Lipinski definition) is 4. The Hall–Kier alpha value is -2.10. The zero-order valence-corrected chi connectivity index (χ0v) is 14.3. The third kappa shape index (κ3) is 2.59. The van der Waals surface area contributed by atoms with Crippen LogP contribution >= 0.6 is 0 Å². The van der Waals surface area contributed by atoms with E-state index in [0.29, 0.717) is 11.5 Å². The topological polar surface area (TPSA) is 56.5 Å². The Morgan fingerprint density at radius 1 is 1.12 bits per heavy atom. The van der Waals surface area contributed by atoms with Crippen LogP contribution in [0.2, 0.25) is 0 Å². The monoisotopic (exact) mass is 338 g/mol. The second-order valence-corrected chi connectivity index (χ2v) is 7.95. The number of aryl methyl sites for hydroxylation is 2. The van der Waals surface area contributed by atoms with Gasteiger partial charge in [0.2, 0.25) is 0 Å². The van der Waals surface area contributed by atoms with Gasteiger partial charge in [-0.25, -0.2) is 4.79 Å². The molecule has 0 N–H and O–H groups in total. The fourth-order valence-electron chi connectivity index (χ4n) is 5.20. The molecule has 3 atom stereocenters. The second-order valence-electron chi connectivity index (χ2n) is 7.95. The van der Waals surface area contributed by atoms with Gasteiger partial charge in [-0.3, -0.25) is 4.79 Å². The zero-order valence-electron chi connectivity index (χ0n) is 14.3. The molecule has 1 aromatic heterocycles. The second kappa shape index (κ2) is 5.72. The Bertz CT molecular complexity index is 910. The predicted molar refractivity (Wildman–Crippen MR) is 93.2 cm³/mol. The maximum atomic E-state index is 12.5. The maximum Gasteiger partial charge on any atom is 0.336 e. The van der Waals surface area contributed by atoms with Gasteiger partial charge < -0.3 is 9.15 Å². The summed E-state index contributed by atoms with van der Waals surface area (Å²) < 4.78 is 11.0. The molecular weight excluding hydrogens is 316 g/mol. The molecule has 2 fully saturated rings. The van der Waals surface area contributed by atoms with E-state index in [9.17, 15) is 9.59 Å². The number of rotatable bonds is 3. The molecule has 1 heterocycles. The van der Waals surface area contributed by atoms with Gasteiger partial charge in [0.15, 0.2) is 0 Å². The summed E-state index contributed by atoms with van der Waals surface area (Å²) in [7, 11) is 0. The summed E-state index contributed by atoms with van der Waals surface area (Å²) in [6.45, 7) is 0.160. The molecule has 4 heteroatoms. The SMILES string of the molecule is O=C(OCc1cc(=O)oc2cc3c(cc12)CCC3)[C@@H]1C[C@H]2CC[C@H]1C2. The first-order chi connectivity index (χ1) is 12.2. The Morgan fingerprint density at radius 2 is 1.96 bits per heavy atom. The molecule has 25 heavy (non-hydrogen) atoms. The standard InChI is InChI=1S/C21H22O4/c22-20-10-16(11-24-21(23)18-7-12-4-5-15(18)6-12)17-8-13-2-1-3-14(13)9-19(17)25-20/h8-10,12,15,18H,1-7,11H2/t12-,15-,18+/m0/s1. The Balaban J connectivity index is 1.41. The molecule has 2 aromatic rings. The molecule has 2 saturated carbocycles. The number of ether oxygens (including phenoxy) is 1. The number of carbonyl (C=O) groups is 1. The number of carbonyl (C=O) groups excluding carboxylic acids is 1. The van der Waals surface area contributed by atoms with Crippen LogP contribution in [0.15, 0.2) is 27.4 Å². The van der Waals surface area contributed by atoms with Gasteiger partial charge in [0.25, 0.3) is 0 Å². The molecule has 0 amide bonds. The van der Waals surface area contributed by atoms with Crippen LogP contribution in [0.3, 0.4) is 0 Å². The van der Waals surface area contributed by atoms with Crippen LogP contribution < -0.4 is 5.63 Å². The van der Waals surface area contributed by atoms with E-state index in [1.54, 1.807) is 0 Å². The number of benzene rings is 1. The van der Waals surface area contributed by atoms with Crippen molar-refractivity contribution in [3.63, 3.8) is 0 Å². The van der Waals surface area contributed by atoms with Crippen molar-refractivity contribution in [2.24, 2.45) is 17.8 Å². The van der Waals surface area contributed by atoms with Crippen LogP contribution in [-0.4, -0.2) is 5.97 Å². The number of esters is 1. The molecule has 4 nitrogen and oxygen atoms in total. The molecule has 0 spiro atoms. The van der Waals surface area contributed by atoms with Crippen molar-refractivity contribution in [3.05, 3.63) is 45.3 Å². The molecule has 0 unspecified atom stereocenters. The molecule has 0 radical (unpaired) electrons. The maximum absolute atomic E-state index is 12.5. The Labute approximate surface area is 146 Å². The first kappa shape index (κ1) is 15.2. The molecule has 0 saturated heterocycles. The van der Waals surface area contributed by atoms with Gasteiger partial charge in [-0.15, -0.1) is 0 Å². The zero-order chi connectivity index (χ0) is 17.0. The van der Waals surface area contributed by atoms with Gasteiger partial charge >= 0.3 is 11.6 Å². The fraction of sp³-hybridized carbons (Fsp3) is 0.524. The highest BCUT2D eigenvalue weighted by Crippen LogP contribution is 2.48. The van der Waals surface area contributed by atoms with E-state index in [2.05, 4.69) is 6.07 Å². The van der Waals surface area contributed by atoms with E-state index in [0.717, 1.165) is 49.0 Å². The first-order valence-corrected chi connectivity index (χ1v) is 9.42. The van der Waals surface area contributed by atoms with E-state index in [4.69, 9.17) is 9.15 Å². The van der Waals surface area contributed by atoms with Crippen LogP contribution in [-0.2, 0) is 29.0 Å². The van der Waals surface area contributed by atoms with E-state index >= 15 is 0 Å². The molecule has 2 bridgehead atoms. The summed E-state index contributed by atoms with van der Waals surface area (Å²) in [6.07, 6.45) is 7.84. The summed E-state index contributed by atoms with van der Waals surface area (Å²) in [5, 5.41) is 0.904. The van der Waals surface area contributed by atoms with Crippen molar-refractivity contribution in [1.29, 1.82) is 0 Å². The normalized spacial score (nSPS) is 27.0. The van der Waals surface area contributed by atoms with E-state index in [1.807, 2.05) is 6.07 Å². The number of fused-ring (bicyclic) bond motifs is 4. The minimum Gasteiger partial charge on any atom is -0.461 e. The molecular formula is C21H22O4. The van der Waals surface area contributed by atoms with Crippen LogP contribution in [0.4, 0.5) is 0 Å². The van der Waals surface area contributed by atoms with Gasteiger partial charge in [0.1, 0.15) is 12.2 Å². The molecule has 0 aliphatic heterocycles. The van der Waals surface area contributed by atoms with Crippen molar-refractivity contribution in [3.8, 4) is 0 Å². The van der Waals surface area contributed by atoms with E-state index in [-0.39, 0.29) is 24.1 Å². The van der Waals surface area contributed by atoms with Gasteiger partial charge in [-0.2, -0.15) is 0 Å². The van der Waals surface area contributed by atoms with Gasteiger partial charge in [0.05, 0.1) is 5.92 Å². The molecule has 130 valence electrons. The highest BCUT2D eigenvalue weighted by atomic mass is 16.5. The van der Waals surface area contributed by atoms with E-state index < -0.39 is 0 Å². The van der Waals surface area contributed by atoms with Crippen LogP contribution in [0, 0.1) is 17.8 Å². The van der Waals surface area contributed by atoms with E-state index in [1.165, 1.54) is 30.0 Å². The Kier molecular flexibility index (Phi) is 3.47. The van der Waals surface area contributed by atoms with Crippen molar-refractivity contribution in [1.82, 2.24) is 0 Å². The lowest BCUT2D eigenvalue weighted by atomic mass is 9.89. The van der Waals surface area contributed by atoms with Crippen molar-refractivity contribution in [2.45, 2.75) is 51.6 Å². The lowest BCUT2D eigenvalue weighted by molar-refractivity contribution is -0.151. The lowest BCUT2D eigenvalue weighted by Gasteiger charge is -2.20. The van der Waals surface area contributed by atoms with Gasteiger partial charge in [0, 0.05) is 17.0 Å². The van der Waals surface area contributed by atoms with Gasteiger partial charge in [-0.1, -0.05) is 6.42 Å². The molecule has 3 aliphatic carbocycles. The third-order valence-electron chi connectivity index (χ3n) is 6.45.